The van der Waals surface area contributed by atoms with Crippen LogP contribution < -0.4 is 0 Å². The number of quaternary nitrogens is 1. The van der Waals surface area contributed by atoms with Crippen molar-refractivity contribution < 1.29 is 9.28 Å². The highest BCUT2D eigenvalue weighted by molar-refractivity contribution is 5.97. The van der Waals surface area contributed by atoms with E-state index in [2.05, 4.69) is 30.1 Å². The number of nitrogens with zero attached hydrogens (tertiary/aromatic N) is 2. The maximum atomic E-state index is 13.3. The highest BCUT2D eigenvalue weighted by atomic mass is 16.2. The normalized spacial score (nSPS) is 38.6. The highest BCUT2D eigenvalue weighted by Crippen LogP contribution is 2.42. The number of carbonyl (C=O) groups excluding carboxylic acids is 1. The fourth-order valence-electron chi connectivity index (χ4n) is 5.86. The van der Waals surface area contributed by atoms with Gasteiger partial charge in [-0.2, -0.15) is 0 Å². The minimum Gasteiger partial charge on any atom is -0.329 e. The van der Waals surface area contributed by atoms with Crippen molar-refractivity contribution >= 4 is 5.91 Å². The molecule has 3 nitrogen and oxygen atoms in total. The van der Waals surface area contributed by atoms with Crippen LogP contribution in [0.25, 0.3) is 0 Å². The Kier molecular flexibility index (Phi) is 2.94. The van der Waals surface area contributed by atoms with E-state index in [0.29, 0.717) is 17.9 Å². The molecule has 1 amide bonds. The van der Waals surface area contributed by atoms with Gasteiger partial charge in [-0.15, -0.1) is 0 Å². The molecule has 0 unspecified atom stereocenters. The van der Waals surface area contributed by atoms with Gasteiger partial charge in [0.25, 0.3) is 5.91 Å². The lowest BCUT2D eigenvalue weighted by Gasteiger charge is -2.54. The van der Waals surface area contributed by atoms with Crippen molar-refractivity contribution in [3.8, 4) is 0 Å². The van der Waals surface area contributed by atoms with Crippen LogP contribution in [0.5, 0.6) is 0 Å². The molecule has 1 aromatic rings. The molecule has 0 N–H and O–H groups in total. The summed E-state index contributed by atoms with van der Waals surface area (Å²) < 4.78 is 1.18. The summed E-state index contributed by atoms with van der Waals surface area (Å²) in [6, 6.07) is 6.91. The number of amides is 1. The summed E-state index contributed by atoms with van der Waals surface area (Å²) in [6.45, 7) is 4.78. The first-order valence-corrected chi connectivity index (χ1v) is 9.41. The second-order valence-corrected chi connectivity index (χ2v) is 8.58. The van der Waals surface area contributed by atoms with E-state index in [9.17, 15) is 4.79 Å². The van der Waals surface area contributed by atoms with Crippen molar-refractivity contribution in [3.05, 3.63) is 34.9 Å². The maximum absolute atomic E-state index is 13.3. The Bertz CT molecular complexity index is 660. The van der Waals surface area contributed by atoms with Crippen molar-refractivity contribution in [1.82, 2.24) is 4.90 Å². The first kappa shape index (κ1) is 14.0. The molecule has 6 rings (SSSR count). The zero-order valence-corrected chi connectivity index (χ0v) is 14.1. The van der Waals surface area contributed by atoms with Crippen LogP contribution in [0.2, 0.25) is 0 Å². The van der Waals surface area contributed by atoms with Crippen LogP contribution in [0.3, 0.4) is 0 Å². The summed E-state index contributed by atoms with van der Waals surface area (Å²) in [5.41, 5.74) is 3.87. The van der Waals surface area contributed by atoms with E-state index in [4.69, 9.17) is 0 Å². The molecule has 122 valence electrons. The van der Waals surface area contributed by atoms with E-state index < -0.39 is 0 Å². The minimum atomic E-state index is 0.324. The van der Waals surface area contributed by atoms with Crippen LogP contribution in [-0.4, -0.2) is 54.6 Å². The lowest BCUT2D eigenvalue weighted by Crippen LogP contribution is -2.67. The molecule has 3 heteroatoms. The smallest absolute Gasteiger partial charge is 0.254 e. The van der Waals surface area contributed by atoms with Crippen LogP contribution >= 0.6 is 0 Å². The molecule has 2 bridgehead atoms. The lowest BCUT2D eigenvalue weighted by molar-refractivity contribution is -0.927. The second-order valence-electron chi connectivity index (χ2n) is 8.58. The number of rotatable bonds is 1. The Balaban J connectivity index is 1.53. The van der Waals surface area contributed by atoms with Gasteiger partial charge in [0.2, 0.25) is 0 Å². The lowest BCUT2D eigenvalue weighted by atomic mass is 9.75. The monoisotopic (exact) mass is 311 g/mol. The molecule has 4 heterocycles. The van der Waals surface area contributed by atoms with Crippen LogP contribution in [0.1, 0.15) is 53.1 Å². The van der Waals surface area contributed by atoms with Crippen molar-refractivity contribution in [2.75, 3.05) is 33.2 Å². The standard InChI is InChI=1S/C20H27N2O/c1-22-10-8-14(9-11-22)18(13-22)21-12-16-6-2-4-15-5-3-7-17(19(15)16)20(21)23/h3,5,7,14,16,18H,2,4,6,8-13H2,1H3/q+1/t14?,16-,18-,22?/m1/s1. The molecular weight excluding hydrogens is 284 g/mol. The van der Waals surface area contributed by atoms with Gasteiger partial charge in [-0.1, -0.05) is 12.1 Å². The van der Waals surface area contributed by atoms with E-state index in [-0.39, 0.29) is 0 Å². The SMILES string of the molecule is C[N+]12CCC(CC1)[C@H](N1C[C@H]3CCCc4cccc(c43)C1=O)C2. The number of piperidine rings is 3. The Morgan fingerprint density at radius 2 is 2.00 bits per heavy atom. The second kappa shape index (κ2) is 4.83. The zero-order chi connectivity index (χ0) is 15.6. The van der Waals surface area contributed by atoms with E-state index in [1.165, 1.54) is 60.9 Å². The van der Waals surface area contributed by atoms with E-state index in [1.807, 2.05) is 0 Å². The fraction of sp³-hybridized carbons (Fsp3) is 0.650. The van der Waals surface area contributed by atoms with Gasteiger partial charge in [-0.05, 0) is 42.4 Å². The van der Waals surface area contributed by atoms with Gasteiger partial charge in [0, 0.05) is 30.9 Å². The van der Waals surface area contributed by atoms with Gasteiger partial charge in [0.15, 0.2) is 0 Å². The molecule has 2 atom stereocenters. The van der Waals surface area contributed by atoms with Gasteiger partial charge in [-0.25, -0.2) is 0 Å². The molecule has 0 saturated carbocycles. The topological polar surface area (TPSA) is 20.3 Å². The predicted molar refractivity (Wildman–Crippen MR) is 90.5 cm³/mol. The van der Waals surface area contributed by atoms with E-state index in [0.717, 1.165) is 24.4 Å². The van der Waals surface area contributed by atoms with E-state index in [1.54, 1.807) is 0 Å². The maximum Gasteiger partial charge on any atom is 0.254 e. The number of aryl methyl sites for hydroxylation is 1. The summed E-state index contributed by atoms with van der Waals surface area (Å²) in [5, 5.41) is 0. The minimum absolute atomic E-state index is 0.324. The van der Waals surface area contributed by atoms with Gasteiger partial charge < -0.3 is 9.38 Å². The quantitative estimate of drug-likeness (QED) is 0.730. The van der Waals surface area contributed by atoms with Crippen molar-refractivity contribution in [2.24, 2.45) is 5.92 Å². The summed E-state index contributed by atoms with van der Waals surface area (Å²) in [7, 11) is 2.39. The number of benzene rings is 1. The average Bonchev–Trinajstić information content (AvgIpc) is 2.58. The first-order valence-electron chi connectivity index (χ1n) is 9.41. The Morgan fingerprint density at radius 3 is 2.78 bits per heavy atom. The molecule has 23 heavy (non-hydrogen) atoms. The fourth-order valence-corrected chi connectivity index (χ4v) is 5.86. The van der Waals surface area contributed by atoms with Gasteiger partial charge >= 0.3 is 0 Å². The molecule has 4 aliphatic heterocycles. The third-order valence-electron chi connectivity index (χ3n) is 7.16. The largest absolute Gasteiger partial charge is 0.329 e. The van der Waals surface area contributed by atoms with Crippen LogP contribution in [-0.2, 0) is 6.42 Å². The first-order chi connectivity index (χ1) is 11.1. The third kappa shape index (κ3) is 2.02. The van der Waals surface area contributed by atoms with Crippen LogP contribution in [0.15, 0.2) is 18.2 Å². The number of hydrogen-bond donors (Lipinski definition) is 0. The van der Waals surface area contributed by atoms with Crippen molar-refractivity contribution in [3.63, 3.8) is 0 Å². The summed E-state index contributed by atoms with van der Waals surface area (Å²) in [5.74, 6) is 1.66. The molecule has 0 aromatic heterocycles. The molecule has 0 radical (unpaired) electrons. The summed E-state index contributed by atoms with van der Waals surface area (Å²) in [6.07, 6.45) is 6.32. The van der Waals surface area contributed by atoms with Gasteiger partial charge in [0.1, 0.15) is 0 Å². The van der Waals surface area contributed by atoms with Crippen LogP contribution in [0, 0.1) is 5.92 Å². The molecule has 1 aliphatic carbocycles. The van der Waals surface area contributed by atoms with Crippen molar-refractivity contribution in [2.45, 2.75) is 44.1 Å². The summed E-state index contributed by atoms with van der Waals surface area (Å²) in [4.78, 5) is 15.5. The molecular formula is C20H27N2O+. The average molecular weight is 311 g/mol. The zero-order valence-electron chi connectivity index (χ0n) is 14.1. The number of hydrogen-bond acceptors (Lipinski definition) is 1. The Labute approximate surface area is 138 Å². The summed E-state index contributed by atoms with van der Waals surface area (Å²) >= 11 is 0. The van der Waals surface area contributed by atoms with Crippen molar-refractivity contribution in [1.29, 1.82) is 0 Å². The number of carbonyl (C=O) groups is 1. The molecule has 1 aromatic carbocycles. The molecule has 0 spiro atoms. The predicted octanol–water partition coefficient (Wildman–Crippen LogP) is 2.80. The molecule has 5 aliphatic rings. The number of likely N-dealkylation sites (N-methyl/N-ethyl adjacent to an activating group) is 1. The van der Waals surface area contributed by atoms with Crippen LogP contribution in [0.4, 0.5) is 0 Å². The molecule has 3 saturated heterocycles. The van der Waals surface area contributed by atoms with E-state index >= 15 is 0 Å². The Hall–Kier alpha value is -1.35. The Morgan fingerprint density at radius 1 is 1.17 bits per heavy atom. The highest BCUT2D eigenvalue weighted by Gasteiger charge is 2.49. The number of fused-ring (bicyclic) bond motifs is 3. The third-order valence-corrected chi connectivity index (χ3v) is 7.16. The molecule has 3 fully saturated rings. The van der Waals surface area contributed by atoms with Gasteiger partial charge in [-0.3, -0.25) is 4.79 Å². The van der Waals surface area contributed by atoms with Gasteiger partial charge in [0.05, 0.1) is 32.7 Å².